The number of halogens is 1. The zero-order valence-corrected chi connectivity index (χ0v) is 20.0. The lowest BCUT2D eigenvalue weighted by Crippen LogP contribution is -2.47. The molecule has 0 radical (unpaired) electrons. The third-order valence-corrected chi connectivity index (χ3v) is 6.55. The van der Waals surface area contributed by atoms with Gasteiger partial charge in [-0.3, -0.25) is 9.59 Å². The first-order valence-electron chi connectivity index (χ1n) is 11.0. The van der Waals surface area contributed by atoms with Crippen molar-refractivity contribution in [1.82, 2.24) is 14.8 Å². The molecule has 2 heterocycles. The molecule has 3 aromatic rings. The molecule has 1 amide bonds. The quantitative estimate of drug-likeness (QED) is 0.533. The maximum Gasteiger partial charge on any atom is 0.307 e. The molecule has 1 aliphatic heterocycles. The molecule has 2 N–H and O–H groups in total. The molecule has 7 heteroatoms. The van der Waals surface area contributed by atoms with Crippen molar-refractivity contribution in [3.05, 3.63) is 69.3 Å². The van der Waals surface area contributed by atoms with Crippen LogP contribution < -0.4 is 5.32 Å². The molecule has 2 aromatic carbocycles. The van der Waals surface area contributed by atoms with Gasteiger partial charge in [0.05, 0.1) is 6.42 Å². The molecular formula is C25H28BrN3O3. The van der Waals surface area contributed by atoms with Gasteiger partial charge in [0.2, 0.25) is 0 Å². The number of carboxylic acids is 1. The molecule has 1 aromatic heterocycles. The highest BCUT2D eigenvalue weighted by atomic mass is 79.9. The lowest BCUT2D eigenvalue weighted by molar-refractivity contribution is -0.136. The number of aliphatic carboxylic acids is 1. The summed E-state index contributed by atoms with van der Waals surface area (Å²) in [6.07, 6.45) is -0.195. The van der Waals surface area contributed by atoms with E-state index >= 15 is 0 Å². The van der Waals surface area contributed by atoms with Crippen LogP contribution in [0.3, 0.4) is 0 Å². The number of rotatable bonds is 6. The number of carboxylic acid groups (broad SMARTS) is 1. The molecule has 1 fully saturated rings. The zero-order chi connectivity index (χ0) is 22.8. The molecule has 0 saturated carbocycles. The number of nitrogens with zero attached hydrogens (tertiary/aromatic N) is 2. The minimum Gasteiger partial charge on any atom is -0.481 e. The smallest absolute Gasteiger partial charge is 0.307 e. The largest absolute Gasteiger partial charge is 0.481 e. The third kappa shape index (κ3) is 4.59. The van der Waals surface area contributed by atoms with E-state index in [-0.39, 0.29) is 12.3 Å². The second-order valence-electron chi connectivity index (χ2n) is 8.58. The molecule has 1 saturated heterocycles. The molecule has 0 spiro atoms. The Hall–Kier alpha value is -2.64. The first-order valence-corrected chi connectivity index (χ1v) is 11.8. The second kappa shape index (κ2) is 9.46. The van der Waals surface area contributed by atoms with Crippen molar-refractivity contribution in [2.24, 2.45) is 0 Å². The van der Waals surface area contributed by atoms with E-state index in [0.717, 1.165) is 34.0 Å². The van der Waals surface area contributed by atoms with Crippen molar-refractivity contribution in [2.45, 2.75) is 32.7 Å². The molecule has 0 bridgehead atoms. The van der Waals surface area contributed by atoms with Gasteiger partial charge in [0.25, 0.3) is 5.91 Å². The van der Waals surface area contributed by atoms with Gasteiger partial charge >= 0.3 is 5.97 Å². The molecule has 0 aliphatic carbocycles. The van der Waals surface area contributed by atoms with Crippen molar-refractivity contribution in [3.63, 3.8) is 0 Å². The number of benzene rings is 2. The second-order valence-corrected chi connectivity index (χ2v) is 9.50. The van der Waals surface area contributed by atoms with Crippen LogP contribution in [0.5, 0.6) is 0 Å². The summed E-state index contributed by atoms with van der Waals surface area (Å²) in [5, 5.41) is 13.7. The molecule has 0 unspecified atom stereocenters. The van der Waals surface area contributed by atoms with Gasteiger partial charge in [-0.05, 0) is 35.2 Å². The van der Waals surface area contributed by atoms with Gasteiger partial charge in [-0.1, -0.05) is 54.0 Å². The first kappa shape index (κ1) is 22.6. The van der Waals surface area contributed by atoms with Crippen LogP contribution in [0.1, 0.15) is 46.9 Å². The fraction of sp³-hybridized carbons (Fsp3) is 0.360. The summed E-state index contributed by atoms with van der Waals surface area (Å²) in [4.78, 5) is 27.3. The predicted molar refractivity (Wildman–Crippen MR) is 129 cm³/mol. The van der Waals surface area contributed by atoms with Gasteiger partial charge in [-0.2, -0.15) is 0 Å². The van der Waals surface area contributed by atoms with Crippen LogP contribution in [0.4, 0.5) is 0 Å². The van der Waals surface area contributed by atoms with E-state index in [9.17, 15) is 14.7 Å². The summed E-state index contributed by atoms with van der Waals surface area (Å²) in [7, 11) is 0. The monoisotopic (exact) mass is 497 g/mol. The Morgan fingerprint density at radius 1 is 1.09 bits per heavy atom. The number of carbonyl (C=O) groups excluding carboxylic acids is 1. The fourth-order valence-corrected chi connectivity index (χ4v) is 4.70. The summed E-state index contributed by atoms with van der Waals surface area (Å²) in [5.41, 5.74) is 4.27. The Labute approximate surface area is 196 Å². The minimum atomic E-state index is -0.945. The van der Waals surface area contributed by atoms with Crippen LogP contribution in [-0.2, 0) is 17.8 Å². The van der Waals surface area contributed by atoms with Crippen LogP contribution in [0.2, 0.25) is 0 Å². The van der Waals surface area contributed by atoms with Crippen LogP contribution in [-0.4, -0.2) is 52.6 Å². The van der Waals surface area contributed by atoms with Crippen molar-refractivity contribution in [1.29, 1.82) is 0 Å². The number of hydrogen-bond donors (Lipinski definition) is 2. The summed E-state index contributed by atoms with van der Waals surface area (Å²) in [6, 6.07) is 14.2. The van der Waals surface area contributed by atoms with Gasteiger partial charge in [-0.15, -0.1) is 0 Å². The number of amides is 1. The Bertz CT molecular complexity index is 1150. The fourth-order valence-electron chi connectivity index (χ4n) is 4.34. The normalized spacial score (nSPS) is 14.3. The maximum absolute atomic E-state index is 13.7. The highest BCUT2D eigenvalue weighted by Crippen LogP contribution is 2.31. The highest BCUT2D eigenvalue weighted by molar-refractivity contribution is 9.10. The molecule has 6 nitrogen and oxygen atoms in total. The summed E-state index contributed by atoms with van der Waals surface area (Å²) >= 11 is 3.51. The number of piperazine rings is 1. The Morgan fingerprint density at radius 3 is 2.41 bits per heavy atom. The number of nitrogens with one attached hydrogen (secondary N) is 1. The average Bonchev–Trinajstić information content (AvgIpc) is 3.06. The van der Waals surface area contributed by atoms with E-state index < -0.39 is 5.97 Å². The third-order valence-electron chi connectivity index (χ3n) is 6.05. The summed E-state index contributed by atoms with van der Waals surface area (Å²) < 4.78 is 2.85. The molecule has 32 heavy (non-hydrogen) atoms. The van der Waals surface area contributed by atoms with Gasteiger partial charge < -0.3 is 19.9 Å². The van der Waals surface area contributed by atoms with Crippen molar-refractivity contribution in [3.8, 4) is 0 Å². The number of carbonyl (C=O) groups is 2. The summed E-state index contributed by atoms with van der Waals surface area (Å²) in [6.45, 7) is 7.52. The van der Waals surface area contributed by atoms with Gasteiger partial charge in [-0.25, -0.2) is 0 Å². The van der Waals surface area contributed by atoms with Crippen LogP contribution in [0.15, 0.2) is 46.9 Å². The molecular weight excluding hydrogens is 470 g/mol. The Kier molecular flexibility index (Phi) is 6.67. The average molecular weight is 498 g/mol. The van der Waals surface area contributed by atoms with Gasteiger partial charge in [0.15, 0.2) is 0 Å². The SMILES string of the molecule is CC(C)c1ccc(Cn2c(C(=O)N3CCNCC3)c(CC(=O)O)c3cc(Br)ccc32)cc1. The lowest BCUT2D eigenvalue weighted by atomic mass is 10.0. The van der Waals surface area contributed by atoms with E-state index in [1.54, 1.807) is 0 Å². The number of fused-ring (bicyclic) bond motifs is 1. The molecule has 0 atom stereocenters. The predicted octanol–water partition coefficient (Wildman–Crippen LogP) is 4.25. The van der Waals surface area contributed by atoms with E-state index in [0.29, 0.717) is 36.8 Å². The highest BCUT2D eigenvalue weighted by Gasteiger charge is 2.28. The Morgan fingerprint density at radius 2 is 1.78 bits per heavy atom. The first-order chi connectivity index (χ1) is 15.3. The molecule has 4 rings (SSSR count). The minimum absolute atomic E-state index is 0.103. The van der Waals surface area contributed by atoms with Crippen molar-refractivity contribution >= 4 is 38.7 Å². The number of aromatic nitrogens is 1. The standard InChI is InChI=1S/C25H28BrN3O3/c1-16(2)18-5-3-17(4-6-18)15-29-22-8-7-19(26)13-20(22)21(14-23(30)31)24(29)25(32)28-11-9-27-10-12-28/h3-8,13,16,27H,9-12,14-15H2,1-2H3,(H,30,31). The van der Waals surface area contributed by atoms with Gasteiger partial charge in [0, 0.05) is 53.7 Å². The van der Waals surface area contributed by atoms with E-state index in [1.165, 1.54) is 5.56 Å². The lowest BCUT2D eigenvalue weighted by Gasteiger charge is -2.28. The maximum atomic E-state index is 13.7. The molecule has 168 valence electrons. The summed E-state index contributed by atoms with van der Waals surface area (Å²) in [5.74, 6) is -0.602. The van der Waals surface area contributed by atoms with Crippen LogP contribution in [0.25, 0.3) is 10.9 Å². The van der Waals surface area contributed by atoms with E-state index in [4.69, 9.17) is 0 Å². The van der Waals surface area contributed by atoms with E-state index in [1.807, 2.05) is 27.7 Å². The zero-order valence-electron chi connectivity index (χ0n) is 18.4. The van der Waals surface area contributed by atoms with E-state index in [2.05, 4.69) is 59.4 Å². The number of hydrogen-bond acceptors (Lipinski definition) is 3. The topological polar surface area (TPSA) is 74.6 Å². The van der Waals surface area contributed by atoms with Gasteiger partial charge in [0.1, 0.15) is 5.69 Å². The Balaban J connectivity index is 1.86. The van der Waals surface area contributed by atoms with Crippen molar-refractivity contribution < 1.29 is 14.7 Å². The van der Waals surface area contributed by atoms with Crippen LogP contribution >= 0.6 is 15.9 Å². The van der Waals surface area contributed by atoms with Crippen LogP contribution in [0, 0.1) is 0 Å². The van der Waals surface area contributed by atoms with Crippen molar-refractivity contribution in [2.75, 3.05) is 26.2 Å². The molecule has 1 aliphatic rings.